The van der Waals surface area contributed by atoms with E-state index in [4.69, 9.17) is 9.47 Å². The molecule has 0 radical (unpaired) electrons. The zero-order chi connectivity index (χ0) is 36.6. The smallest absolute Gasteiger partial charge is 0.228 e. The molecule has 6 rings (SSSR count). The van der Waals surface area contributed by atoms with Crippen LogP contribution in [0, 0.1) is 0 Å². The van der Waals surface area contributed by atoms with Crippen LogP contribution >= 0.6 is 0 Å². The summed E-state index contributed by atoms with van der Waals surface area (Å²) in [6.07, 6.45) is -1.98. The third-order valence-corrected chi connectivity index (χ3v) is 9.90. The highest BCUT2D eigenvalue weighted by molar-refractivity contribution is 5.97. The lowest BCUT2D eigenvalue weighted by molar-refractivity contribution is -0.264. The molecule has 6 unspecified atom stereocenters. The summed E-state index contributed by atoms with van der Waals surface area (Å²) in [6, 6.07) is 42.1. The number of carbonyl (C=O) groups is 2. The fourth-order valence-electron chi connectivity index (χ4n) is 6.78. The fourth-order valence-corrected chi connectivity index (χ4v) is 6.78. The maximum absolute atomic E-state index is 12.9. The minimum absolute atomic E-state index is 0.0517. The molecule has 8 nitrogen and oxygen atoms in total. The molecule has 0 saturated carbocycles. The van der Waals surface area contributed by atoms with Gasteiger partial charge < -0.3 is 25.0 Å². The van der Waals surface area contributed by atoms with Crippen LogP contribution in [-0.2, 0) is 27.3 Å². The van der Waals surface area contributed by atoms with Gasteiger partial charge in [0.25, 0.3) is 0 Å². The summed E-state index contributed by atoms with van der Waals surface area (Å²) in [5.74, 6) is -0.442. The average Bonchev–Trinajstić information content (AvgIpc) is 3.18. The highest BCUT2D eigenvalue weighted by Gasteiger charge is 2.43. The van der Waals surface area contributed by atoms with Crippen molar-refractivity contribution in [1.82, 2.24) is 4.90 Å². The van der Waals surface area contributed by atoms with Gasteiger partial charge in [-0.2, -0.15) is 0 Å². The maximum atomic E-state index is 12.9. The number of aliphatic hydroxyl groups excluding tert-OH is 2. The minimum Gasteiger partial charge on any atom is -0.392 e. The number of likely N-dealkylation sites (N-methyl/N-ethyl adjacent to an activating group) is 1. The van der Waals surface area contributed by atoms with E-state index in [-0.39, 0.29) is 42.8 Å². The van der Waals surface area contributed by atoms with E-state index in [0.29, 0.717) is 17.8 Å². The highest BCUT2D eigenvalue weighted by atomic mass is 16.7. The number of amides is 1. The van der Waals surface area contributed by atoms with Crippen LogP contribution in [0.25, 0.3) is 0 Å². The third-order valence-electron chi connectivity index (χ3n) is 9.90. The van der Waals surface area contributed by atoms with Gasteiger partial charge in [0.15, 0.2) is 12.1 Å². The first kappa shape index (κ1) is 36.8. The topological polar surface area (TPSA) is 108 Å². The molecule has 1 fully saturated rings. The van der Waals surface area contributed by atoms with Gasteiger partial charge in [0.1, 0.15) is 0 Å². The van der Waals surface area contributed by atoms with E-state index in [1.54, 1.807) is 24.3 Å². The molecule has 6 atom stereocenters. The number of ketones is 1. The van der Waals surface area contributed by atoms with Crippen LogP contribution in [0.1, 0.15) is 82.0 Å². The number of nitrogens with one attached hydrogen (secondary N) is 1. The van der Waals surface area contributed by atoms with Crippen LogP contribution in [0.15, 0.2) is 133 Å². The van der Waals surface area contributed by atoms with Gasteiger partial charge in [-0.1, -0.05) is 121 Å². The molecule has 1 aliphatic heterocycles. The Morgan fingerprint density at radius 3 is 2.06 bits per heavy atom. The lowest BCUT2D eigenvalue weighted by atomic mass is 9.83. The number of rotatable bonds is 13. The number of ether oxygens (including phenoxy) is 2. The Hall–Kier alpha value is -4.96. The summed E-state index contributed by atoms with van der Waals surface area (Å²) in [4.78, 5) is 26.8. The van der Waals surface area contributed by atoms with Crippen molar-refractivity contribution >= 4 is 17.4 Å². The quantitative estimate of drug-likeness (QED) is 0.109. The van der Waals surface area contributed by atoms with Gasteiger partial charge in [-0.05, 0) is 60.8 Å². The summed E-state index contributed by atoms with van der Waals surface area (Å²) < 4.78 is 13.7. The van der Waals surface area contributed by atoms with Crippen LogP contribution in [0.4, 0.5) is 5.69 Å². The molecular formula is C44H46N2O6. The zero-order valence-electron chi connectivity index (χ0n) is 29.8. The standard InChI is InChI=1S/C44H46N2O6/c1-29(42(50)34-13-8-5-9-14-34)46(3)27-39-41(33-11-6-4-7-12-33)43(35-21-19-32(28-47)20-22-35)52-44(51-39)36-23-17-31(18-24-36)25-40(49)45-38-16-10-15-37(26-38)30(2)48/h4-24,26,29,39,41-44,47,50H,25,27-28H2,1-3H3,(H,45,49). The maximum Gasteiger partial charge on any atom is 0.228 e. The molecule has 5 aromatic carbocycles. The molecule has 52 heavy (non-hydrogen) atoms. The first-order valence-corrected chi connectivity index (χ1v) is 17.7. The average molecular weight is 699 g/mol. The molecule has 0 aromatic heterocycles. The molecule has 268 valence electrons. The second-order valence-electron chi connectivity index (χ2n) is 13.5. The molecule has 1 saturated heterocycles. The number of carbonyl (C=O) groups excluding carboxylic acids is 2. The van der Waals surface area contributed by atoms with E-state index in [9.17, 15) is 19.8 Å². The Balaban J connectivity index is 1.26. The van der Waals surface area contributed by atoms with Crippen molar-refractivity contribution in [3.05, 3.63) is 172 Å². The van der Waals surface area contributed by atoms with Crippen molar-refractivity contribution in [3.8, 4) is 0 Å². The van der Waals surface area contributed by atoms with Crippen molar-refractivity contribution in [2.75, 3.05) is 18.9 Å². The molecule has 0 bridgehead atoms. The van der Waals surface area contributed by atoms with Crippen molar-refractivity contribution in [1.29, 1.82) is 0 Å². The summed E-state index contributed by atoms with van der Waals surface area (Å²) in [5.41, 5.74) is 6.45. The van der Waals surface area contributed by atoms with Gasteiger partial charge in [-0.15, -0.1) is 0 Å². The van der Waals surface area contributed by atoms with Gasteiger partial charge in [0.2, 0.25) is 5.91 Å². The molecule has 8 heteroatoms. The molecule has 0 spiro atoms. The van der Waals surface area contributed by atoms with Crippen LogP contribution < -0.4 is 5.32 Å². The van der Waals surface area contributed by atoms with Gasteiger partial charge in [0.05, 0.1) is 31.3 Å². The number of benzene rings is 5. The van der Waals surface area contributed by atoms with Crippen LogP contribution in [0.3, 0.4) is 0 Å². The monoisotopic (exact) mass is 698 g/mol. The van der Waals surface area contributed by atoms with Crippen LogP contribution in [-0.4, -0.2) is 52.5 Å². The summed E-state index contributed by atoms with van der Waals surface area (Å²) in [5, 5.41) is 24.0. The molecular weight excluding hydrogens is 652 g/mol. The Morgan fingerprint density at radius 1 is 0.769 bits per heavy atom. The Bertz CT molecular complexity index is 1920. The predicted molar refractivity (Wildman–Crippen MR) is 202 cm³/mol. The summed E-state index contributed by atoms with van der Waals surface area (Å²) in [6.45, 7) is 3.98. The molecule has 3 N–H and O–H groups in total. The largest absolute Gasteiger partial charge is 0.392 e. The van der Waals surface area contributed by atoms with Crippen LogP contribution in [0.2, 0.25) is 0 Å². The molecule has 5 aromatic rings. The first-order chi connectivity index (χ1) is 25.2. The van der Waals surface area contributed by atoms with E-state index < -0.39 is 18.5 Å². The van der Waals surface area contributed by atoms with E-state index in [1.807, 2.05) is 111 Å². The number of hydrogen-bond donors (Lipinski definition) is 3. The first-order valence-electron chi connectivity index (χ1n) is 17.7. The lowest BCUT2D eigenvalue weighted by Gasteiger charge is -2.45. The van der Waals surface area contributed by atoms with Crippen molar-refractivity contribution in [2.24, 2.45) is 0 Å². The predicted octanol–water partition coefficient (Wildman–Crippen LogP) is 7.56. The Kier molecular flexibility index (Phi) is 12.1. The van der Waals surface area contributed by atoms with Crippen molar-refractivity contribution in [3.63, 3.8) is 0 Å². The van der Waals surface area contributed by atoms with Gasteiger partial charge >= 0.3 is 0 Å². The molecule has 1 aliphatic rings. The number of anilines is 1. The van der Waals surface area contributed by atoms with Crippen LogP contribution in [0.5, 0.6) is 0 Å². The lowest BCUT2D eigenvalue weighted by Crippen LogP contribution is -2.46. The third kappa shape index (κ3) is 8.91. The second-order valence-corrected chi connectivity index (χ2v) is 13.5. The number of aliphatic hydroxyl groups is 2. The van der Waals surface area contributed by atoms with E-state index in [1.165, 1.54) is 6.92 Å². The number of nitrogens with zero attached hydrogens (tertiary/aromatic N) is 1. The summed E-state index contributed by atoms with van der Waals surface area (Å²) >= 11 is 0. The Morgan fingerprint density at radius 2 is 1.40 bits per heavy atom. The number of Topliss-reactive ketones (excluding diaryl/α,β-unsaturated/α-hetero) is 1. The highest BCUT2D eigenvalue weighted by Crippen LogP contribution is 2.47. The van der Waals surface area contributed by atoms with Crippen molar-refractivity contribution < 1.29 is 29.3 Å². The van der Waals surface area contributed by atoms with Gasteiger partial charge in [-0.3, -0.25) is 14.5 Å². The number of hydrogen-bond acceptors (Lipinski definition) is 7. The van der Waals surface area contributed by atoms with Crippen molar-refractivity contribution in [2.45, 2.75) is 63.4 Å². The molecule has 0 aliphatic carbocycles. The second kappa shape index (κ2) is 17.0. The zero-order valence-corrected chi connectivity index (χ0v) is 29.8. The van der Waals surface area contributed by atoms with Gasteiger partial charge in [0, 0.05) is 35.3 Å². The Labute approximate surface area is 305 Å². The van der Waals surface area contributed by atoms with E-state index in [2.05, 4.69) is 22.3 Å². The fraction of sp³-hybridized carbons (Fsp3) is 0.273. The molecule has 1 heterocycles. The molecule has 1 amide bonds. The minimum atomic E-state index is -0.715. The van der Waals surface area contributed by atoms with Gasteiger partial charge in [-0.25, -0.2) is 0 Å². The normalized spacial score (nSPS) is 19.9. The SMILES string of the molecule is CC(=O)c1cccc(NC(=O)Cc2ccc(C3OC(CN(C)C(C)C(O)c4ccccc4)C(c4ccccc4)C(c4ccc(CO)cc4)O3)cc2)c1. The summed E-state index contributed by atoms with van der Waals surface area (Å²) in [7, 11) is 2.01. The van der Waals surface area contributed by atoms with E-state index in [0.717, 1.165) is 33.4 Å². The van der Waals surface area contributed by atoms with E-state index >= 15 is 0 Å².